The van der Waals surface area contributed by atoms with Crippen LogP contribution < -0.4 is 4.57 Å². The van der Waals surface area contributed by atoms with E-state index in [9.17, 15) is 0 Å². The maximum absolute atomic E-state index is 4.47. The molecule has 3 rings (SSSR count). The lowest BCUT2D eigenvalue weighted by molar-refractivity contribution is -0.661. The Balaban J connectivity index is 2.43. The highest BCUT2D eigenvalue weighted by Gasteiger charge is 2.18. The first-order valence-corrected chi connectivity index (χ1v) is 6.90. The first-order chi connectivity index (χ1) is 9.49. The van der Waals surface area contributed by atoms with Gasteiger partial charge in [0.25, 0.3) is 0 Å². The predicted octanol–water partition coefficient (Wildman–Crippen LogP) is 3.06. The predicted molar refractivity (Wildman–Crippen MR) is 80.8 cm³/mol. The van der Waals surface area contributed by atoms with Gasteiger partial charge >= 0.3 is 0 Å². The number of rotatable bonds is 1. The van der Waals surface area contributed by atoms with Gasteiger partial charge in [-0.15, -0.1) is 0 Å². The van der Waals surface area contributed by atoms with Gasteiger partial charge in [0.05, 0.1) is 0 Å². The number of fused-ring (bicyclic) bond motifs is 1. The summed E-state index contributed by atoms with van der Waals surface area (Å²) in [5.41, 5.74) is 8.49. The molecule has 3 aromatic rings. The van der Waals surface area contributed by atoms with Crippen LogP contribution in [0, 0.1) is 27.7 Å². The highest BCUT2D eigenvalue weighted by Crippen LogP contribution is 2.24. The molecular formula is C17H20N3+. The van der Waals surface area contributed by atoms with Crippen LogP contribution in [0.2, 0.25) is 0 Å². The Bertz CT molecular complexity index is 813. The third-order valence-corrected chi connectivity index (χ3v) is 4.03. The zero-order valence-corrected chi connectivity index (χ0v) is 12.7. The molecule has 0 N–H and O–H groups in total. The number of pyridine rings is 2. The van der Waals surface area contributed by atoms with E-state index in [4.69, 9.17) is 0 Å². The lowest BCUT2D eigenvalue weighted by Crippen LogP contribution is -2.32. The van der Waals surface area contributed by atoms with E-state index in [0.29, 0.717) is 0 Å². The van der Waals surface area contributed by atoms with Crippen molar-refractivity contribution < 1.29 is 4.57 Å². The zero-order chi connectivity index (χ0) is 14.4. The normalized spacial score (nSPS) is 11.2. The molecule has 0 aliphatic heterocycles. The SMILES string of the molecule is Cc1cc(-c2c(C)ccc3ncc(C)n23)[n+](C)cc1C. The fourth-order valence-electron chi connectivity index (χ4n) is 2.75. The molecule has 0 aliphatic rings. The maximum atomic E-state index is 4.47. The fourth-order valence-corrected chi connectivity index (χ4v) is 2.75. The second-order valence-electron chi connectivity index (χ2n) is 5.59. The monoisotopic (exact) mass is 266 g/mol. The van der Waals surface area contributed by atoms with Crippen LogP contribution >= 0.6 is 0 Å². The summed E-state index contributed by atoms with van der Waals surface area (Å²) in [7, 11) is 2.10. The van der Waals surface area contributed by atoms with Crippen LogP contribution in [-0.4, -0.2) is 9.38 Å². The highest BCUT2D eigenvalue weighted by molar-refractivity contribution is 5.63. The molecule has 3 heterocycles. The first-order valence-electron chi connectivity index (χ1n) is 6.90. The molecule has 3 heteroatoms. The second kappa shape index (κ2) is 4.44. The number of nitrogens with zero attached hydrogens (tertiary/aromatic N) is 3. The third kappa shape index (κ3) is 1.82. The number of hydrogen-bond acceptors (Lipinski definition) is 1. The minimum Gasteiger partial charge on any atom is -0.291 e. The van der Waals surface area contributed by atoms with E-state index >= 15 is 0 Å². The maximum Gasteiger partial charge on any atom is 0.229 e. The van der Waals surface area contributed by atoms with E-state index in [0.717, 1.165) is 11.3 Å². The molecule has 0 radical (unpaired) electrons. The van der Waals surface area contributed by atoms with Crippen molar-refractivity contribution in [1.82, 2.24) is 9.38 Å². The van der Waals surface area contributed by atoms with Crippen molar-refractivity contribution in [1.29, 1.82) is 0 Å². The van der Waals surface area contributed by atoms with Gasteiger partial charge in [0.1, 0.15) is 18.4 Å². The van der Waals surface area contributed by atoms with Gasteiger partial charge in [0, 0.05) is 23.5 Å². The quantitative estimate of drug-likeness (QED) is 0.620. The van der Waals surface area contributed by atoms with Crippen molar-refractivity contribution in [2.75, 3.05) is 0 Å². The summed E-state index contributed by atoms with van der Waals surface area (Å²) in [6.45, 7) is 8.57. The Hall–Kier alpha value is -2.16. The van der Waals surface area contributed by atoms with Gasteiger partial charge in [-0.3, -0.25) is 4.40 Å². The summed E-state index contributed by atoms with van der Waals surface area (Å²) in [5, 5.41) is 0. The topological polar surface area (TPSA) is 21.2 Å². The standard InChI is InChI=1S/C17H20N3/c1-11-6-7-16-18-9-14(4)20(16)17(11)15-8-12(2)13(3)10-19(15)5/h6-10H,1-5H3/q+1. The minimum absolute atomic E-state index is 1.00. The summed E-state index contributed by atoms with van der Waals surface area (Å²) >= 11 is 0. The highest BCUT2D eigenvalue weighted by atomic mass is 15.0. The summed E-state index contributed by atoms with van der Waals surface area (Å²) in [4.78, 5) is 4.47. The van der Waals surface area contributed by atoms with E-state index in [1.807, 2.05) is 6.20 Å². The number of imidazole rings is 1. The fraction of sp³-hybridized carbons (Fsp3) is 0.294. The van der Waals surface area contributed by atoms with Crippen molar-refractivity contribution in [2.45, 2.75) is 27.7 Å². The van der Waals surface area contributed by atoms with Crippen LogP contribution in [0.5, 0.6) is 0 Å². The van der Waals surface area contributed by atoms with Crippen LogP contribution in [0.15, 0.2) is 30.6 Å². The van der Waals surface area contributed by atoms with Gasteiger partial charge < -0.3 is 0 Å². The molecule has 0 unspecified atom stereocenters. The molecule has 0 saturated heterocycles. The number of hydrogen-bond donors (Lipinski definition) is 0. The molecule has 0 saturated carbocycles. The van der Waals surface area contributed by atoms with E-state index in [1.54, 1.807) is 0 Å². The Morgan fingerprint density at radius 3 is 2.50 bits per heavy atom. The average molecular weight is 266 g/mol. The Morgan fingerprint density at radius 2 is 1.75 bits per heavy atom. The van der Waals surface area contributed by atoms with E-state index in [1.165, 1.54) is 28.1 Å². The van der Waals surface area contributed by atoms with Crippen molar-refractivity contribution >= 4 is 5.65 Å². The number of aromatic nitrogens is 3. The van der Waals surface area contributed by atoms with Crippen LogP contribution in [0.1, 0.15) is 22.4 Å². The third-order valence-electron chi connectivity index (χ3n) is 4.03. The van der Waals surface area contributed by atoms with Crippen molar-refractivity contribution in [3.63, 3.8) is 0 Å². The van der Waals surface area contributed by atoms with Crippen molar-refractivity contribution in [3.8, 4) is 11.4 Å². The molecule has 20 heavy (non-hydrogen) atoms. The first kappa shape index (κ1) is 12.9. The van der Waals surface area contributed by atoms with Crippen LogP contribution in [0.3, 0.4) is 0 Å². The molecule has 102 valence electrons. The van der Waals surface area contributed by atoms with Crippen molar-refractivity contribution in [3.05, 3.63) is 53.0 Å². The molecule has 3 nitrogen and oxygen atoms in total. The summed E-state index contributed by atoms with van der Waals surface area (Å²) in [5.74, 6) is 0. The molecule has 0 atom stereocenters. The summed E-state index contributed by atoms with van der Waals surface area (Å²) in [6, 6.07) is 6.48. The largest absolute Gasteiger partial charge is 0.291 e. The van der Waals surface area contributed by atoms with Crippen LogP contribution in [0.4, 0.5) is 0 Å². The van der Waals surface area contributed by atoms with Gasteiger partial charge in [-0.25, -0.2) is 4.98 Å². The molecule has 0 amide bonds. The summed E-state index contributed by atoms with van der Waals surface area (Å²) in [6.07, 6.45) is 4.12. The van der Waals surface area contributed by atoms with E-state index in [2.05, 4.69) is 73.1 Å². The Kier molecular flexibility index (Phi) is 2.85. The lowest BCUT2D eigenvalue weighted by Gasteiger charge is -2.10. The van der Waals surface area contributed by atoms with E-state index < -0.39 is 0 Å². The molecular weight excluding hydrogens is 246 g/mol. The Morgan fingerprint density at radius 1 is 1.00 bits per heavy atom. The molecule has 3 aromatic heterocycles. The molecule has 0 aromatic carbocycles. The smallest absolute Gasteiger partial charge is 0.229 e. The molecule has 0 fully saturated rings. The average Bonchev–Trinajstić information content (AvgIpc) is 2.77. The lowest BCUT2D eigenvalue weighted by atomic mass is 10.1. The van der Waals surface area contributed by atoms with Crippen LogP contribution in [0.25, 0.3) is 17.0 Å². The molecule has 0 bridgehead atoms. The zero-order valence-electron chi connectivity index (χ0n) is 12.7. The van der Waals surface area contributed by atoms with E-state index in [-0.39, 0.29) is 0 Å². The second-order valence-corrected chi connectivity index (χ2v) is 5.59. The molecule has 0 aliphatic carbocycles. The number of aryl methyl sites for hydroxylation is 5. The van der Waals surface area contributed by atoms with Gasteiger partial charge in [-0.2, -0.15) is 4.57 Å². The van der Waals surface area contributed by atoms with Gasteiger partial charge in [-0.05, 0) is 44.9 Å². The Labute approximate surface area is 119 Å². The van der Waals surface area contributed by atoms with Gasteiger partial charge in [0.2, 0.25) is 5.69 Å². The van der Waals surface area contributed by atoms with Gasteiger partial charge in [0.15, 0.2) is 6.20 Å². The van der Waals surface area contributed by atoms with Crippen LogP contribution in [-0.2, 0) is 7.05 Å². The minimum atomic E-state index is 1.00. The molecule has 0 spiro atoms. The summed E-state index contributed by atoms with van der Waals surface area (Å²) < 4.78 is 4.43. The van der Waals surface area contributed by atoms with Crippen molar-refractivity contribution in [2.24, 2.45) is 7.05 Å². The van der Waals surface area contributed by atoms with Gasteiger partial charge in [-0.1, -0.05) is 6.07 Å².